The van der Waals surface area contributed by atoms with E-state index in [9.17, 15) is 4.79 Å². The predicted molar refractivity (Wildman–Crippen MR) is 24.4 cm³/mol. The van der Waals surface area contributed by atoms with Crippen LogP contribution < -0.4 is 0 Å². The standard InChI is InChI=1S/C4H5NO2.U/c1-3-4(6)7-5-2;/h2H,1,3H2;. The Morgan fingerprint density at radius 3 is 2.50 bits per heavy atom. The van der Waals surface area contributed by atoms with Gasteiger partial charge in [0.15, 0.2) is 0 Å². The minimum absolute atomic E-state index is 0. The van der Waals surface area contributed by atoms with Crippen molar-refractivity contribution in [2.24, 2.45) is 0 Å². The van der Waals surface area contributed by atoms with E-state index in [2.05, 4.69) is 23.3 Å². The summed E-state index contributed by atoms with van der Waals surface area (Å²) < 4.78 is 0. The maximum Gasteiger partial charge on any atom is 0.369 e. The van der Waals surface area contributed by atoms with Crippen LogP contribution >= 0.6 is 0 Å². The van der Waals surface area contributed by atoms with E-state index in [0.717, 1.165) is 0 Å². The Labute approximate surface area is 71.5 Å². The molecule has 0 aliphatic rings. The fraction of sp³-hybridized carbons (Fsp3) is 0.250. The van der Waals surface area contributed by atoms with Crippen molar-refractivity contribution < 1.29 is 40.7 Å². The van der Waals surface area contributed by atoms with E-state index in [1.54, 1.807) is 0 Å². The largest absolute Gasteiger partial charge is 0.369 e. The number of rotatable bonds is 1. The van der Waals surface area contributed by atoms with Crippen molar-refractivity contribution in [3.05, 3.63) is 11.9 Å². The van der Waals surface area contributed by atoms with Gasteiger partial charge in [0.05, 0.1) is 0 Å². The molecule has 0 atom stereocenters. The molecule has 0 saturated carbocycles. The number of carbonyl (C=O) groups is 1. The van der Waals surface area contributed by atoms with Crippen LogP contribution in [0.15, 0.2) is 0 Å². The minimum Gasteiger partial charge on any atom is -0.332 e. The van der Waals surface area contributed by atoms with Crippen LogP contribution in [0.1, 0.15) is 6.42 Å². The van der Waals surface area contributed by atoms with Gasteiger partial charge in [-0.15, -0.1) is 0 Å². The fourth-order valence-corrected chi connectivity index (χ4v) is 0.104. The maximum atomic E-state index is 9.95. The van der Waals surface area contributed by atoms with Crippen LogP contribution in [0, 0.1) is 44.6 Å². The molecule has 0 saturated heterocycles. The van der Waals surface area contributed by atoms with Gasteiger partial charge in [0.25, 0.3) is 0 Å². The van der Waals surface area contributed by atoms with E-state index in [-0.39, 0.29) is 37.5 Å². The van der Waals surface area contributed by atoms with Crippen molar-refractivity contribution >= 4 is 5.97 Å². The van der Waals surface area contributed by atoms with Gasteiger partial charge in [-0.05, 0) is 0 Å². The molecule has 0 fully saturated rings. The summed E-state index contributed by atoms with van der Waals surface area (Å²) in [7, 11) is 0. The fourth-order valence-electron chi connectivity index (χ4n) is 0.104. The van der Waals surface area contributed by atoms with Crippen LogP contribution in [0.3, 0.4) is 0 Å². The molecule has 0 rings (SSSR count). The van der Waals surface area contributed by atoms with Crippen molar-refractivity contribution in [3.8, 4) is 6.57 Å². The average molecular weight is 337 g/mol. The van der Waals surface area contributed by atoms with Crippen LogP contribution in [-0.4, -0.2) is 5.97 Å². The van der Waals surface area contributed by atoms with Crippen molar-refractivity contribution in [2.75, 3.05) is 0 Å². The molecule has 0 heterocycles. The quantitative estimate of drug-likeness (QED) is 0.519. The summed E-state index contributed by atoms with van der Waals surface area (Å²) in [4.78, 5) is 13.8. The van der Waals surface area contributed by atoms with Crippen molar-refractivity contribution in [2.45, 2.75) is 6.42 Å². The van der Waals surface area contributed by atoms with Gasteiger partial charge in [0.1, 0.15) is 0 Å². The van der Waals surface area contributed by atoms with Gasteiger partial charge in [0.2, 0.25) is 5.01 Å². The van der Waals surface area contributed by atoms with E-state index in [0.29, 0.717) is 0 Å². The van der Waals surface area contributed by atoms with Crippen LogP contribution in [0.2, 0.25) is 0 Å². The summed E-state index contributed by atoms with van der Waals surface area (Å²) in [6.45, 7) is 7.67. The summed E-state index contributed by atoms with van der Waals surface area (Å²) in [5, 5.41) is 2.62. The van der Waals surface area contributed by atoms with Gasteiger partial charge in [-0.25, -0.2) is 4.79 Å². The maximum absolute atomic E-state index is 9.95. The molecule has 3 nitrogen and oxygen atoms in total. The molecule has 8 heavy (non-hydrogen) atoms. The number of nitrogens with zero attached hydrogens (tertiary/aromatic N) is 1. The number of hydrogen-bond acceptors (Lipinski definition) is 2. The Morgan fingerprint density at radius 2 is 2.38 bits per heavy atom. The first kappa shape index (κ1) is 10.9. The summed E-state index contributed by atoms with van der Waals surface area (Å²) in [6.07, 6.45) is 0.0562. The monoisotopic (exact) mass is 337 g/mol. The second-order valence-electron chi connectivity index (χ2n) is 0.819. The molecule has 0 aliphatic carbocycles. The molecule has 0 amide bonds. The first-order chi connectivity index (χ1) is 3.31. The SMILES string of the molecule is C#[N+]OC(=O)C[CH2-].[U]. The Balaban J connectivity index is 0. The van der Waals surface area contributed by atoms with E-state index in [1.165, 1.54) is 0 Å². The Hall–Kier alpha value is 0.0119. The van der Waals surface area contributed by atoms with E-state index in [1.807, 2.05) is 0 Å². The molecule has 0 radical (unpaired) electrons. The normalized spacial score (nSPS) is 6.00. The van der Waals surface area contributed by atoms with Crippen molar-refractivity contribution in [1.29, 1.82) is 0 Å². The first-order valence-electron chi connectivity index (χ1n) is 1.70. The molecule has 0 aliphatic heterocycles. The van der Waals surface area contributed by atoms with E-state index in [4.69, 9.17) is 0 Å². The second kappa shape index (κ2) is 7.01. The van der Waals surface area contributed by atoms with Gasteiger partial charge in [-0.1, -0.05) is 11.3 Å². The Kier molecular flexibility index (Phi) is 9.55. The molecular weight excluding hydrogens is 332 g/mol. The van der Waals surface area contributed by atoms with Crippen LogP contribution in [0.5, 0.6) is 0 Å². The molecule has 0 N–H and O–H groups in total. The second-order valence-corrected chi connectivity index (χ2v) is 0.819. The van der Waals surface area contributed by atoms with Crippen LogP contribution in [0.4, 0.5) is 0 Å². The van der Waals surface area contributed by atoms with E-state index >= 15 is 0 Å². The summed E-state index contributed by atoms with van der Waals surface area (Å²) in [5.74, 6) is -0.525. The van der Waals surface area contributed by atoms with E-state index < -0.39 is 5.97 Å². The predicted octanol–water partition coefficient (Wildman–Crippen LogP) is 0.631. The molecule has 0 aromatic rings. The molecule has 4 heteroatoms. The smallest absolute Gasteiger partial charge is 0.332 e. The summed E-state index contributed by atoms with van der Waals surface area (Å²) in [5.41, 5.74) is 0. The molecule has 0 unspecified atom stereocenters. The van der Waals surface area contributed by atoms with Gasteiger partial charge in [-0.3, -0.25) is 0 Å². The summed E-state index contributed by atoms with van der Waals surface area (Å²) in [6, 6.07) is 0. The van der Waals surface area contributed by atoms with Gasteiger partial charge >= 0.3 is 12.5 Å². The van der Waals surface area contributed by atoms with Crippen molar-refractivity contribution in [1.82, 2.24) is 0 Å². The molecule has 0 spiro atoms. The van der Waals surface area contributed by atoms with Gasteiger partial charge < -0.3 is 6.92 Å². The number of hydrogen-bond donors (Lipinski definition) is 0. The minimum atomic E-state index is -0.525. The Morgan fingerprint density at radius 1 is 1.88 bits per heavy atom. The van der Waals surface area contributed by atoms with Crippen molar-refractivity contribution in [3.63, 3.8) is 0 Å². The first-order valence-corrected chi connectivity index (χ1v) is 1.70. The topological polar surface area (TPSA) is 30.7 Å². The van der Waals surface area contributed by atoms with Gasteiger partial charge in [0, 0.05) is 31.1 Å². The molecule has 0 bridgehead atoms. The number of carbonyl (C=O) groups excluding carboxylic acids is 1. The zero-order valence-corrected chi connectivity index (χ0v) is 8.42. The van der Waals surface area contributed by atoms with Crippen LogP contribution in [-0.2, 0) is 9.63 Å². The van der Waals surface area contributed by atoms with Gasteiger partial charge in [-0.2, -0.15) is 0 Å². The third kappa shape index (κ3) is 6.01. The van der Waals surface area contributed by atoms with Crippen LogP contribution in [0.25, 0.3) is 5.01 Å². The average Bonchev–Trinajstić information content (AvgIpc) is 1.68. The Bertz CT molecular complexity index is 107. The molecule has 0 aromatic carbocycles. The summed E-state index contributed by atoms with van der Waals surface area (Å²) >= 11 is 0. The zero-order valence-electron chi connectivity index (χ0n) is 4.26. The zero-order chi connectivity index (χ0) is 5.70. The molecule has 0 aromatic heterocycles. The third-order valence-corrected chi connectivity index (χ3v) is 0.359. The molecule has 42 valence electrons. The molecular formula is C4H5NO2U. The third-order valence-electron chi connectivity index (χ3n) is 0.359.